The molecule has 1 saturated heterocycles. The number of fused-ring (bicyclic) bond motifs is 1. The van der Waals surface area contributed by atoms with E-state index < -0.39 is 5.97 Å². The number of carbonyl (C=O) groups is 3. The van der Waals surface area contributed by atoms with Crippen LogP contribution in [0, 0.1) is 0 Å². The SMILES string of the molecule is CC=C1C(=O)N2C(C(=O)O)=C(SCCNC(C)=O)SC12. The fourth-order valence-electron chi connectivity index (χ4n) is 1.94. The van der Waals surface area contributed by atoms with Crippen molar-refractivity contribution in [2.75, 3.05) is 12.3 Å². The Morgan fingerprint density at radius 2 is 2.25 bits per heavy atom. The topological polar surface area (TPSA) is 86.7 Å². The molecule has 0 aromatic heterocycles. The number of β-lactam (4-membered cyclic amide) rings is 1. The van der Waals surface area contributed by atoms with Crippen LogP contribution in [0.1, 0.15) is 13.8 Å². The van der Waals surface area contributed by atoms with Crippen LogP contribution in [0.3, 0.4) is 0 Å². The Bertz CT molecular complexity index is 542. The Balaban J connectivity index is 2.06. The van der Waals surface area contributed by atoms with Gasteiger partial charge in [0.05, 0.1) is 4.24 Å². The van der Waals surface area contributed by atoms with E-state index in [2.05, 4.69) is 5.32 Å². The van der Waals surface area contributed by atoms with E-state index in [1.807, 2.05) is 0 Å². The highest BCUT2D eigenvalue weighted by Gasteiger charge is 2.52. The van der Waals surface area contributed by atoms with Crippen molar-refractivity contribution in [1.29, 1.82) is 0 Å². The number of thioether (sulfide) groups is 2. The van der Waals surface area contributed by atoms with Crippen molar-refractivity contribution in [2.45, 2.75) is 19.2 Å². The van der Waals surface area contributed by atoms with Crippen molar-refractivity contribution < 1.29 is 19.5 Å². The quantitative estimate of drug-likeness (QED) is 0.447. The second kappa shape index (κ2) is 5.92. The van der Waals surface area contributed by atoms with Crippen LogP contribution in [0.25, 0.3) is 0 Å². The normalized spacial score (nSPS) is 22.9. The predicted octanol–water partition coefficient (Wildman–Crippen LogP) is 0.971. The molecule has 20 heavy (non-hydrogen) atoms. The molecule has 1 fully saturated rings. The number of aliphatic carboxylic acids is 1. The van der Waals surface area contributed by atoms with E-state index in [4.69, 9.17) is 0 Å². The second-order valence-corrected chi connectivity index (χ2v) is 6.62. The van der Waals surface area contributed by atoms with Crippen molar-refractivity contribution >= 4 is 41.3 Å². The van der Waals surface area contributed by atoms with Gasteiger partial charge in [-0.2, -0.15) is 0 Å². The molecule has 0 aliphatic carbocycles. The average molecular weight is 314 g/mol. The molecule has 2 aliphatic heterocycles. The van der Waals surface area contributed by atoms with Gasteiger partial charge in [-0.1, -0.05) is 17.8 Å². The zero-order chi connectivity index (χ0) is 14.9. The van der Waals surface area contributed by atoms with Crippen LogP contribution in [0.4, 0.5) is 0 Å². The molecule has 108 valence electrons. The lowest BCUT2D eigenvalue weighted by Gasteiger charge is -2.36. The lowest BCUT2D eigenvalue weighted by molar-refractivity contribution is -0.141. The molecule has 2 amide bonds. The summed E-state index contributed by atoms with van der Waals surface area (Å²) >= 11 is 2.73. The summed E-state index contributed by atoms with van der Waals surface area (Å²) in [6.45, 7) is 3.67. The molecule has 1 unspecified atom stereocenters. The molecule has 2 rings (SSSR count). The zero-order valence-electron chi connectivity index (χ0n) is 11.0. The number of rotatable bonds is 5. The standard InChI is InChI=1S/C12H14N2O4S2/c1-3-7-9(16)14-8(11(17)18)12(20-10(7)14)19-5-4-13-6(2)15/h3,10H,4-5H2,1-2H3,(H,13,15)(H,17,18). The number of allylic oxidation sites excluding steroid dienone is 1. The van der Waals surface area contributed by atoms with E-state index in [0.717, 1.165) is 0 Å². The number of carbonyl (C=O) groups excluding carboxylic acids is 2. The minimum absolute atomic E-state index is 0.0587. The highest BCUT2D eigenvalue weighted by Crippen LogP contribution is 2.52. The van der Waals surface area contributed by atoms with E-state index in [-0.39, 0.29) is 22.9 Å². The maximum atomic E-state index is 11.8. The van der Waals surface area contributed by atoms with E-state index in [1.165, 1.54) is 35.3 Å². The smallest absolute Gasteiger partial charge is 0.354 e. The Kier molecular flexibility index (Phi) is 4.44. The summed E-state index contributed by atoms with van der Waals surface area (Å²) < 4.78 is 0.623. The highest BCUT2D eigenvalue weighted by molar-refractivity contribution is 8.22. The largest absolute Gasteiger partial charge is 0.477 e. The van der Waals surface area contributed by atoms with E-state index in [1.54, 1.807) is 13.0 Å². The molecule has 2 aliphatic rings. The van der Waals surface area contributed by atoms with Crippen LogP contribution >= 0.6 is 23.5 Å². The summed E-state index contributed by atoms with van der Waals surface area (Å²) in [5, 5.41) is 11.7. The van der Waals surface area contributed by atoms with Gasteiger partial charge in [0.1, 0.15) is 5.37 Å². The number of hydrogen-bond acceptors (Lipinski definition) is 5. The third-order valence-corrected chi connectivity index (χ3v) is 5.44. The molecular weight excluding hydrogens is 300 g/mol. The fourth-order valence-corrected chi connectivity index (χ4v) is 4.62. The van der Waals surface area contributed by atoms with E-state index in [9.17, 15) is 19.5 Å². The van der Waals surface area contributed by atoms with Gasteiger partial charge < -0.3 is 10.4 Å². The van der Waals surface area contributed by atoms with Crippen molar-refractivity contribution in [1.82, 2.24) is 10.2 Å². The van der Waals surface area contributed by atoms with Crippen molar-refractivity contribution in [2.24, 2.45) is 0 Å². The first-order chi connectivity index (χ1) is 9.47. The van der Waals surface area contributed by atoms with Crippen molar-refractivity contribution in [3.05, 3.63) is 21.6 Å². The third-order valence-electron chi connectivity index (χ3n) is 2.84. The van der Waals surface area contributed by atoms with Crippen LogP contribution < -0.4 is 5.32 Å². The monoisotopic (exact) mass is 314 g/mol. The van der Waals surface area contributed by atoms with E-state index >= 15 is 0 Å². The van der Waals surface area contributed by atoms with Crippen LogP contribution in [-0.2, 0) is 14.4 Å². The Labute approximate surface area is 124 Å². The molecule has 0 aromatic carbocycles. The van der Waals surface area contributed by atoms with Gasteiger partial charge in [-0.3, -0.25) is 14.5 Å². The lowest BCUT2D eigenvalue weighted by atomic mass is 10.1. The number of amides is 2. The summed E-state index contributed by atoms with van der Waals surface area (Å²) in [7, 11) is 0. The van der Waals surface area contributed by atoms with Gasteiger partial charge in [-0.15, -0.1) is 11.8 Å². The van der Waals surface area contributed by atoms with Crippen molar-refractivity contribution in [3.63, 3.8) is 0 Å². The summed E-state index contributed by atoms with van der Waals surface area (Å²) in [4.78, 5) is 35.2. The molecule has 6 nitrogen and oxygen atoms in total. The molecule has 0 bridgehead atoms. The van der Waals surface area contributed by atoms with Gasteiger partial charge in [0, 0.05) is 24.8 Å². The fraction of sp³-hybridized carbons (Fsp3) is 0.417. The first-order valence-electron chi connectivity index (χ1n) is 5.98. The molecule has 0 aromatic rings. The third kappa shape index (κ3) is 2.57. The molecule has 1 atom stereocenters. The Morgan fingerprint density at radius 1 is 1.55 bits per heavy atom. The molecule has 0 radical (unpaired) electrons. The highest BCUT2D eigenvalue weighted by atomic mass is 32.2. The second-order valence-electron chi connectivity index (χ2n) is 4.16. The maximum Gasteiger partial charge on any atom is 0.354 e. The molecule has 8 heteroatoms. The Hall–Kier alpha value is -1.41. The van der Waals surface area contributed by atoms with Crippen LogP contribution in [-0.4, -0.2) is 45.5 Å². The number of hydrogen-bond donors (Lipinski definition) is 2. The number of carboxylic acids is 1. The molecular formula is C12H14N2O4S2. The summed E-state index contributed by atoms with van der Waals surface area (Å²) in [6.07, 6.45) is 1.72. The van der Waals surface area contributed by atoms with Gasteiger partial charge in [0.15, 0.2) is 5.70 Å². The zero-order valence-corrected chi connectivity index (χ0v) is 12.6. The van der Waals surface area contributed by atoms with Crippen molar-refractivity contribution in [3.8, 4) is 0 Å². The van der Waals surface area contributed by atoms with Crippen LogP contribution in [0.2, 0.25) is 0 Å². The predicted molar refractivity (Wildman–Crippen MR) is 77.8 cm³/mol. The minimum Gasteiger partial charge on any atom is -0.477 e. The van der Waals surface area contributed by atoms with Gasteiger partial charge >= 0.3 is 5.97 Å². The first kappa shape index (κ1) is 15.0. The summed E-state index contributed by atoms with van der Waals surface area (Å²) in [6, 6.07) is 0. The summed E-state index contributed by atoms with van der Waals surface area (Å²) in [5.74, 6) is -0.878. The lowest BCUT2D eigenvalue weighted by Crippen LogP contribution is -2.51. The van der Waals surface area contributed by atoms with Crippen LogP contribution in [0.5, 0.6) is 0 Å². The molecule has 0 saturated carbocycles. The van der Waals surface area contributed by atoms with Gasteiger partial charge in [0.25, 0.3) is 5.91 Å². The minimum atomic E-state index is -1.09. The number of carboxylic acid groups (broad SMARTS) is 1. The van der Waals surface area contributed by atoms with Crippen LogP contribution in [0.15, 0.2) is 21.6 Å². The Morgan fingerprint density at radius 3 is 2.80 bits per heavy atom. The summed E-state index contributed by atoms with van der Waals surface area (Å²) in [5.41, 5.74) is 0.703. The number of nitrogens with one attached hydrogen (secondary N) is 1. The molecule has 2 N–H and O–H groups in total. The van der Waals surface area contributed by atoms with Gasteiger partial charge in [-0.05, 0) is 6.92 Å². The molecule has 2 heterocycles. The number of nitrogens with zero attached hydrogens (tertiary/aromatic N) is 1. The maximum absolute atomic E-state index is 11.8. The first-order valence-corrected chi connectivity index (χ1v) is 7.85. The molecule has 0 spiro atoms. The van der Waals surface area contributed by atoms with Gasteiger partial charge in [-0.25, -0.2) is 4.79 Å². The van der Waals surface area contributed by atoms with E-state index in [0.29, 0.717) is 22.1 Å². The average Bonchev–Trinajstić information content (AvgIpc) is 2.70. The van der Waals surface area contributed by atoms with Gasteiger partial charge in [0.2, 0.25) is 5.91 Å².